The van der Waals surface area contributed by atoms with Crippen molar-refractivity contribution in [2.24, 2.45) is 5.92 Å². The SMILES string of the molecule is CNCc1nnnn1C(C)C1CCCC1. The number of tetrazole rings is 1. The number of rotatable bonds is 4. The standard InChI is InChI=1S/C10H19N5/c1-8(9-5-3-4-6-9)15-10(7-11-2)12-13-14-15/h8-9,11H,3-7H2,1-2H3. The lowest BCUT2D eigenvalue weighted by Gasteiger charge is -2.19. The average molecular weight is 209 g/mol. The van der Waals surface area contributed by atoms with Crippen LogP contribution in [0, 0.1) is 5.92 Å². The second-order valence-corrected chi connectivity index (χ2v) is 4.36. The minimum absolute atomic E-state index is 0.436. The average Bonchev–Trinajstić information content (AvgIpc) is 2.87. The second kappa shape index (κ2) is 4.70. The lowest BCUT2D eigenvalue weighted by atomic mass is 10.00. The normalized spacial score (nSPS) is 19.6. The van der Waals surface area contributed by atoms with Gasteiger partial charge in [0.1, 0.15) is 0 Å². The van der Waals surface area contributed by atoms with E-state index >= 15 is 0 Å². The Bertz CT molecular complexity index is 303. The Kier molecular flexibility index (Phi) is 3.30. The molecule has 0 spiro atoms. The highest BCUT2D eigenvalue weighted by Crippen LogP contribution is 2.33. The molecule has 0 amide bonds. The molecule has 1 saturated carbocycles. The monoisotopic (exact) mass is 209 g/mol. The van der Waals surface area contributed by atoms with Crippen LogP contribution in [-0.2, 0) is 6.54 Å². The Morgan fingerprint density at radius 3 is 2.87 bits per heavy atom. The molecule has 2 rings (SSSR count). The molecule has 0 saturated heterocycles. The molecule has 0 aliphatic heterocycles. The first-order chi connectivity index (χ1) is 7.33. The van der Waals surface area contributed by atoms with Gasteiger partial charge < -0.3 is 5.32 Å². The quantitative estimate of drug-likeness (QED) is 0.808. The molecule has 1 unspecified atom stereocenters. The third-order valence-electron chi connectivity index (χ3n) is 3.36. The highest BCUT2D eigenvalue weighted by atomic mass is 15.6. The van der Waals surface area contributed by atoms with Crippen molar-refractivity contribution >= 4 is 0 Å². The maximum Gasteiger partial charge on any atom is 0.165 e. The van der Waals surface area contributed by atoms with Gasteiger partial charge in [-0.25, -0.2) is 4.68 Å². The van der Waals surface area contributed by atoms with Crippen LogP contribution in [0.3, 0.4) is 0 Å². The first-order valence-electron chi connectivity index (χ1n) is 5.74. The van der Waals surface area contributed by atoms with Gasteiger partial charge >= 0.3 is 0 Å². The zero-order valence-electron chi connectivity index (χ0n) is 9.48. The molecule has 1 heterocycles. The third-order valence-corrected chi connectivity index (χ3v) is 3.36. The van der Waals surface area contributed by atoms with E-state index in [-0.39, 0.29) is 0 Å². The number of hydrogen-bond donors (Lipinski definition) is 1. The van der Waals surface area contributed by atoms with Crippen molar-refractivity contribution < 1.29 is 0 Å². The van der Waals surface area contributed by atoms with Crippen LogP contribution in [0.1, 0.15) is 44.5 Å². The number of nitrogens with one attached hydrogen (secondary N) is 1. The van der Waals surface area contributed by atoms with Crippen LogP contribution in [-0.4, -0.2) is 27.3 Å². The van der Waals surface area contributed by atoms with Crippen LogP contribution in [0.2, 0.25) is 0 Å². The Balaban J connectivity index is 2.09. The minimum atomic E-state index is 0.436. The first kappa shape index (κ1) is 10.5. The third kappa shape index (κ3) is 2.17. The molecule has 1 aliphatic rings. The molecule has 1 N–H and O–H groups in total. The van der Waals surface area contributed by atoms with Gasteiger partial charge in [0, 0.05) is 0 Å². The Labute approximate surface area is 90.2 Å². The topological polar surface area (TPSA) is 55.6 Å². The Hall–Kier alpha value is -0.970. The van der Waals surface area contributed by atoms with Crippen molar-refractivity contribution in [2.75, 3.05) is 7.05 Å². The highest BCUT2D eigenvalue weighted by molar-refractivity contribution is 4.86. The molecule has 84 valence electrons. The minimum Gasteiger partial charge on any atom is -0.313 e. The molecule has 1 aromatic rings. The summed E-state index contributed by atoms with van der Waals surface area (Å²) in [7, 11) is 1.92. The predicted molar refractivity (Wildman–Crippen MR) is 57.2 cm³/mol. The molecule has 0 aromatic carbocycles. The van der Waals surface area contributed by atoms with Gasteiger partial charge in [-0.1, -0.05) is 12.8 Å². The van der Waals surface area contributed by atoms with Crippen LogP contribution in [0.25, 0.3) is 0 Å². The molecular formula is C10H19N5. The van der Waals surface area contributed by atoms with Crippen molar-refractivity contribution in [1.29, 1.82) is 0 Å². The number of aromatic nitrogens is 4. The number of nitrogens with zero attached hydrogens (tertiary/aromatic N) is 4. The van der Waals surface area contributed by atoms with Crippen LogP contribution in [0.4, 0.5) is 0 Å². The molecule has 1 fully saturated rings. The van der Waals surface area contributed by atoms with Gasteiger partial charge in [-0.2, -0.15) is 0 Å². The molecule has 0 radical (unpaired) electrons. The zero-order valence-corrected chi connectivity index (χ0v) is 9.48. The van der Waals surface area contributed by atoms with Gasteiger partial charge in [0.25, 0.3) is 0 Å². The van der Waals surface area contributed by atoms with Crippen molar-refractivity contribution in [1.82, 2.24) is 25.5 Å². The molecule has 1 atom stereocenters. The smallest absolute Gasteiger partial charge is 0.165 e. The summed E-state index contributed by atoms with van der Waals surface area (Å²) in [5.74, 6) is 1.70. The van der Waals surface area contributed by atoms with E-state index in [1.165, 1.54) is 25.7 Å². The van der Waals surface area contributed by atoms with Crippen LogP contribution in [0.5, 0.6) is 0 Å². The molecular weight excluding hydrogens is 190 g/mol. The molecule has 1 aromatic heterocycles. The fourth-order valence-corrected chi connectivity index (χ4v) is 2.44. The van der Waals surface area contributed by atoms with Gasteiger partial charge in [0.2, 0.25) is 0 Å². The van der Waals surface area contributed by atoms with E-state index < -0.39 is 0 Å². The van der Waals surface area contributed by atoms with Gasteiger partial charge in [0.15, 0.2) is 5.82 Å². The van der Waals surface area contributed by atoms with Crippen LogP contribution in [0.15, 0.2) is 0 Å². The first-order valence-corrected chi connectivity index (χ1v) is 5.74. The number of hydrogen-bond acceptors (Lipinski definition) is 4. The Morgan fingerprint density at radius 2 is 2.20 bits per heavy atom. The van der Waals surface area contributed by atoms with E-state index in [9.17, 15) is 0 Å². The van der Waals surface area contributed by atoms with Gasteiger partial charge in [-0.15, -0.1) is 5.10 Å². The molecule has 5 nitrogen and oxygen atoms in total. The lowest BCUT2D eigenvalue weighted by Crippen LogP contribution is -2.20. The van der Waals surface area contributed by atoms with Gasteiger partial charge in [-0.05, 0) is 43.2 Å². The Morgan fingerprint density at radius 1 is 1.47 bits per heavy atom. The van der Waals surface area contributed by atoms with Gasteiger partial charge in [-0.3, -0.25) is 0 Å². The van der Waals surface area contributed by atoms with E-state index in [1.54, 1.807) is 0 Å². The fourth-order valence-electron chi connectivity index (χ4n) is 2.44. The summed E-state index contributed by atoms with van der Waals surface area (Å²) in [6.45, 7) is 2.97. The summed E-state index contributed by atoms with van der Waals surface area (Å²) < 4.78 is 1.98. The summed E-state index contributed by atoms with van der Waals surface area (Å²) in [5, 5.41) is 15.0. The maximum absolute atomic E-state index is 4.09. The van der Waals surface area contributed by atoms with Gasteiger partial charge in [0.05, 0.1) is 12.6 Å². The molecule has 1 aliphatic carbocycles. The zero-order chi connectivity index (χ0) is 10.7. The molecule has 5 heteroatoms. The van der Waals surface area contributed by atoms with Crippen molar-refractivity contribution in [3.8, 4) is 0 Å². The summed E-state index contributed by atoms with van der Waals surface area (Å²) in [4.78, 5) is 0. The maximum atomic E-state index is 4.09. The predicted octanol–water partition coefficient (Wildman–Crippen LogP) is 1.14. The van der Waals surface area contributed by atoms with Crippen LogP contribution < -0.4 is 5.32 Å². The molecule has 15 heavy (non-hydrogen) atoms. The van der Waals surface area contributed by atoms with Crippen molar-refractivity contribution in [2.45, 2.75) is 45.2 Å². The highest BCUT2D eigenvalue weighted by Gasteiger charge is 2.25. The second-order valence-electron chi connectivity index (χ2n) is 4.36. The van der Waals surface area contributed by atoms with Crippen molar-refractivity contribution in [3.05, 3.63) is 5.82 Å². The fraction of sp³-hybridized carbons (Fsp3) is 0.900. The van der Waals surface area contributed by atoms with E-state index in [1.807, 2.05) is 11.7 Å². The van der Waals surface area contributed by atoms with Crippen molar-refractivity contribution in [3.63, 3.8) is 0 Å². The van der Waals surface area contributed by atoms with Crippen LogP contribution >= 0.6 is 0 Å². The van der Waals surface area contributed by atoms with E-state index in [0.29, 0.717) is 6.04 Å². The summed E-state index contributed by atoms with van der Waals surface area (Å²) in [6, 6.07) is 0.436. The van der Waals surface area contributed by atoms with E-state index in [2.05, 4.69) is 27.8 Å². The van der Waals surface area contributed by atoms with E-state index in [4.69, 9.17) is 0 Å². The summed E-state index contributed by atoms with van der Waals surface area (Å²) >= 11 is 0. The summed E-state index contributed by atoms with van der Waals surface area (Å²) in [5.41, 5.74) is 0. The molecule has 0 bridgehead atoms. The van der Waals surface area contributed by atoms with E-state index in [0.717, 1.165) is 18.3 Å². The lowest BCUT2D eigenvalue weighted by molar-refractivity contribution is 0.320. The largest absolute Gasteiger partial charge is 0.313 e. The summed E-state index contributed by atoms with van der Waals surface area (Å²) in [6.07, 6.45) is 5.36.